The molecule has 1 fully saturated rings. The Labute approximate surface area is 111 Å². The predicted octanol–water partition coefficient (Wildman–Crippen LogP) is 2.01. The Hall–Kier alpha value is -1.31. The standard InChI is InChI=1S/C14H17NO2S/c1-10(11-4-2-5-11)15-14(17)13-12(6-3-8-16)7-9-18-13/h7,9-11,16H,2,4-5,8H2,1H3,(H,15,17). The van der Waals surface area contributed by atoms with E-state index in [9.17, 15) is 4.79 Å². The van der Waals surface area contributed by atoms with Crippen LogP contribution >= 0.6 is 11.3 Å². The van der Waals surface area contributed by atoms with E-state index in [4.69, 9.17) is 5.11 Å². The van der Waals surface area contributed by atoms with Crippen LogP contribution in [0.3, 0.4) is 0 Å². The fourth-order valence-corrected chi connectivity index (χ4v) is 2.80. The molecule has 1 saturated carbocycles. The minimum atomic E-state index is -0.185. The summed E-state index contributed by atoms with van der Waals surface area (Å²) in [7, 11) is 0. The minimum absolute atomic E-state index is 0.0494. The van der Waals surface area contributed by atoms with E-state index in [0.717, 1.165) is 0 Å². The summed E-state index contributed by atoms with van der Waals surface area (Å²) in [4.78, 5) is 12.8. The van der Waals surface area contributed by atoms with Crippen molar-refractivity contribution < 1.29 is 9.90 Å². The van der Waals surface area contributed by atoms with Gasteiger partial charge in [0.2, 0.25) is 0 Å². The molecule has 1 atom stereocenters. The van der Waals surface area contributed by atoms with Crippen molar-refractivity contribution in [2.75, 3.05) is 6.61 Å². The van der Waals surface area contributed by atoms with Gasteiger partial charge in [-0.25, -0.2) is 0 Å². The maximum atomic E-state index is 12.1. The van der Waals surface area contributed by atoms with Crippen LogP contribution in [0.15, 0.2) is 11.4 Å². The van der Waals surface area contributed by atoms with Gasteiger partial charge in [0.1, 0.15) is 11.5 Å². The Kier molecular flexibility index (Phi) is 4.40. The van der Waals surface area contributed by atoms with Gasteiger partial charge in [-0.15, -0.1) is 11.3 Å². The molecule has 1 aromatic heterocycles. The van der Waals surface area contributed by atoms with Crippen LogP contribution in [-0.4, -0.2) is 23.7 Å². The maximum absolute atomic E-state index is 12.1. The van der Waals surface area contributed by atoms with Crippen LogP contribution in [0.1, 0.15) is 41.4 Å². The topological polar surface area (TPSA) is 49.3 Å². The molecule has 1 aliphatic rings. The Balaban J connectivity index is 2.01. The Bertz CT molecular complexity index is 479. The van der Waals surface area contributed by atoms with Crippen molar-refractivity contribution >= 4 is 17.2 Å². The average molecular weight is 263 g/mol. The van der Waals surface area contributed by atoms with Gasteiger partial charge in [-0.1, -0.05) is 18.3 Å². The summed E-state index contributed by atoms with van der Waals surface area (Å²) in [5, 5.41) is 13.6. The van der Waals surface area contributed by atoms with E-state index in [1.54, 1.807) is 0 Å². The van der Waals surface area contributed by atoms with Crippen LogP contribution in [0, 0.1) is 17.8 Å². The monoisotopic (exact) mass is 263 g/mol. The number of aliphatic hydroxyl groups excluding tert-OH is 1. The number of hydrogen-bond donors (Lipinski definition) is 2. The minimum Gasteiger partial charge on any atom is -0.384 e. The van der Waals surface area contributed by atoms with Crippen molar-refractivity contribution in [1.29, 1.82) is 0 Å². The highest BCUT2D eigenvalue weighted by Gasteiger charge is 2.26. The number of hydrogen-bond acceptors (Lipinski definition) is 3. The summed E-state index contributed by atoms with van der Waals surface area (Å²) < 4.78 is 0. The first kappa shape index (κ1) is 13.1. The fraction of sp³-hybridized carbons (Fsp3) is 0.500. The van der Waals surface area contributed by atoms with Crippen LogP contribution in [0.4, 0.5) is 0 Å². The van der Waals surface area contributed by atoms with Crippen LogP contribution in [0.25, 0.3) is 0 Å². The molecule has 0 bridgehead atoms. The van der Waals surface area contributed by atoms with E-state index < -0.39 is 0 Å². The Morgan fingerprint density at radius 1 is 1.67 bits per heavy atom. The highest BCUT2D eigenvalue weighted by Crippen LogP contribution is 2.29. The van der Waals surface area contributed by atoms with E-state index in [2.05, 4.69) is 24.1 Å². The van der Waals surface area contributed by atoms with Gasteiger partial charge in [-0.2, -0.15) is 0 Å². The smallest absolute Gasteiger partial charge is 0.262 e. The van der Waals surface area contributed by atoms with Crippen LogP contribution in [0.5, 0.6) is 0 Å². The molecule has 0 aliphatic heterocycles. The first-order valence-electron chi connectivity index (χ1n) is 6.20. The Morgan fingerprint density at radius 3 is 3.06 bits per heavy atom. The lowest BCUT2D eigenvalue weighted by molar-refractivity contribution is 0.0913. The summed E-state index contributed by atoms with van der Waals surface area (Å²) in [5.41, 5.74) is 0.701. The second-order valence-electron chi connectivity index (χ2n) is 4.58. The molecule has 0 saturated heterocycles. The first-order valence-corrected chi connectivity index (χ1v) is 7.08. The number of aliphatic hydroxyl groups is 1. The third kappa shape index (κ3) is 2.92. The molecule has 96 valence electrons. The van der Waals surface area contributed by atoms with Crippen LogP contribution in [-0.2, 0) is 0 Å². The molecule has 2 rings (SSSR count). The highest BCUT2D eigenvalue weighted by atomic mass is 32.1. The quantitative estimate of drug-likeness (QED) is 0.820. The molecule has 0 radical (unpaired) electrons. The highest BCUT2D eigenvalue weighted by molar-refractivity contribution is 7.12. The number of nitrogens with one attached hydrogen (secondary N) is 1. The van der Waals surface area contributed by atoms with Gasteiger partial charge in [0.15, 0.2) is 0 Å². The molecule has 18 heavy (non-hydrogen) atoms. The zero-order chi connectivity index (χ0) is 13.0. The zero-order valence-electron chi connectivity index (χ0n) is 10.4. The van der Waals surface area contributed by atoms with Crippen molar-refractivity contribution in [3.8, 4) is 11.8 Å². The summed E-state index contributed by atoms with van der Waals surface area (Å²) >= 11 is 1.39. The third-order valence-corrected chi connectivity index (χ3v) is 4.30. The summed E-state index contributed by atoms with van der Waals surface area (Å²) in [6, 6.07) is 2.04. The van der Waals surface area contributed by atoms with Gasteiger partial charge in [-0.05, 0) is 37.1 Å². The molecule has 1 unspecified atom stereocenters. The molecule has 1 heterocycles. The molecule has 1 amide bonds. The van der Waals surface area contributed by atoms with Gasteiger partial charge in [-0.3, -0.25) is 4.79 Å². The maximum Gasteiger partial charge on any atom is 0.262 e. The number of thiophene rings is 1. The van der Waals surface area contributed by atoms with Gasteiger partial charge in [0.25, 0.3) is 5.91 Å². The van der Waals surface area contributed by atoms with E-state index in [1.165, 1.54) is 30.6 Å². The molecule has 3 nitrogen and oxygen atoms in total. The number of amides is 1. The largest absolute Gasteiger partial charge is 0.384 e. The molecule has 1 aromatic rings. The zero-order valence-corrected chi connectivity index (χ0v) is 11.2. The van der Waals surface area contributed by atoms with E-state index in [1.807, 2.05) is 11.4 Å². The van der Waals surface area contributed by atoms with Crippen LogP contribution in [0.2, 0.25) is 0 Å². The summed E-state index contributed by atoms with van der Waals surface area (Å²) in [6.07, 6.45) is 3.70. The lowest BCUT2D eigenvalue weighted by atomic mass is 9.80. The van der Waals surface area contributed by atoms with Gasteiger partial charge < -0.3 is 10.4 Å². The van der Waals surface area contributed by atoms with Gasteiger partial charge in [0.05, 0.1) is 0 Å². The summed E-state index contributed by atoms with van der Waals surface area (Å²) in [6.45, 7) is 1.88. The fourth-order valence-electron chi connectivity index (χ4n) is 2.05. The summed E-state index contributed by atoms with van der Waals surface area (Å²) in [5.74, 6) is 5.96. The van der Waals surface area contributed by atoms with Crippen molar-refractivity contribution in [1.82, 2.24) is 5.32 Å². The average Bonchev–Trinajstić information content (AvgIpc) is 2.71. The number of carbonyl (C=O) groups is 1. The van der Waals surface area contributed by atoms with Crippen LogP contribution < -0.4 is 5.32 Å². The molecule has 0 spiro atoms. The van der Waals surface area contributed by atoms with Crippen molar-refractivity contribution in [2.24, 2.45) is 5.92 Å². The normalized spacial score (nSPS) is 16.3. The lowest BCUT2D eigenvalue weighted by Crippen LogP contribution is -2.40. The molecule has 1 aliphatic carbocycles. The molecule has 0 aromatic carbocycles. The van der Waals surface area contributed by atoms with Crippen molar-refractivity contribution in [3.63, 3.8) is 0 Å². The van der Waals surface area contributed by atoms with Crippen molar-refractivity contribution in [2.45, 2.75) is 32.2 Å². The Morgan fingerprint density at radius 2 is 2.44 bits per heavy atom. The second-order valence-corrected chi connectivity index (χ2v) is 5.49. The molecular weight excluding hydrogens is 246 g/mol. The molecule has 4 heteroatoms. The number of carbonyl (C=O) groups excluding carboxylic acids is 1. The number of rotatable bonds is 3. The predicted molar refractivity (Wildman–Crippen MR) is 72.6 cm³/mol. The third-order valence-electron chi connectivity index (χ3n) is 3.39. The van der Waals surface area contributed by atoms with E-state index in [0.29, 0.717) is 16.4 Å². The molecular formula is C14H17NO2S. The lowest BCUT2D eigenvalue weighted by Gasteiger charge is -2.31. The van der Waals surface area contributed by atoms with E-state index >= 15 is 0 Å². The first-order chi connectivity index (χ1) is 8.72. The van der Waals surface area contributed by atoms with Gasteiger partial charge >= 0.3 is 0 Å². The molecule has 2 N–H and O–H groups in total. The second kappa shape index (κ2) is 6.03. The van der Waals surface area contributed by atoms with E-state index in [-0.39, 0.29) is 18.6 Å². The SMILES string of the molecule is CC(NC(=O)c1sccc1C#CCO)C1CCC1. The van der Waals surface area contributed by atoms with Crippen molar-refractivity contribution in [3.05, 3.63) is 21.9 Å². The van der Waals surface area contributed by atoms with Gasteiger partial charge in [0, 0.05) is 11.6 Å².